The van der Waals surface area contributed by atoms with Gasteiger partial charge >= 0.3 is 17.6 Å². The van der Waals surface area contributed by atoms with Crippen molar-refractivity contribution in [3.8, 4) is 0 Å². The van der Waals surface area contributed by atoms with Crippen LogP contribution in [0.2, 0.25) is 0 Å². The van der Waals surface area contributed by atoms with Crippen molar-refractivity contribution in [2.24, 2.45) is 0 Å². The molecule has 144 valence electrons. The zero-order chi connectivity index (χ0) is 19.9. The second kappa shape index (κ2) is 6.65. The lowest BCUT2D eigenvalue weighted by atomic mass is 10.1. The molecule has 1 heterocycles. The fourth-order valence-corrected chi connectivity index (χ4v) is 4.06. The van der Waals surface area contributed by atoms with E-state index < -0.39 is 72.1 Å². The van der Waals surface area contributed by atoms with Gasteiger partial charge in [0.15, 0.2) is 9.84 Å². The molecule has 11 nitrogen and oxygen atoms in total. The van der Waals surface area contributed by atoms with Gasteiger partial charge in [0, 0.05) is 12.1 Å². The predicted molar refractivity (Wildman–Crippen MR) is 80.0 cm³/mol. The number of sulfone groups is 1. The lowest BCUT2D eigenvalue weighted by molar-refractivity contribution is -0.392. The van der Waals surface area contributed by atoms with Gasteiger partial charge in [0.25, 0.3) is 0 Å². The van der Waals surface area contributed by atoms with Crippen molar-refractivity contribution in [2.45, 2.75) is 18.3 Å². The van der Waals surface area contributed by atoms with Crippen LogP contribution in [0.15, 0.2) is 12.1 Å². The van der Waals surface area contributed by atoms with Crippen molar-refractivity contribution in [3.05, 3.63) is 37.9 Å². The molecule has 1 aromatic rings. The first kappa shape index (κ1) is 19.8. The van der Waals surface area contributed by atoms with E-state index in [4.69, 9.17) is 0 Å². The Kier molecular flexibility index (Phi) is 5.07. The van der Waals surface area contributed by atoms with E-state index in [0.29, 0.717) is 0 Å². The Hall–Kier alpha value is -2.52. The second-order valence-electron chi connectivity index (χ2n) is 5.42. The minimum Gasteiger partial charge on any atom is -0.390 e. The number of anilines is 1. The summed E-state index contributed by atoms with van der Waals surface area (Å²) < 4.78 is 61.2. The number of nitro groups is 2. The van der Waals surface area contributed by atoms with Gasteiger partial charge in [-0.2, -0.15) is 13.2 Å². The minimum absolute atomic E-state index is 0.110. The van der Waals surface area contributed by atoms with E-state index in [9.17, 15) is 46.9 Å². The molecule has 1 fully saturated rings. The SMILES string of the molecule is O=[N+]([O-])c1cc(C(F)(F)F)cc([N+](=O)[O-])c1NNC1CS(=O)(=O)CC1O. The van der Waals surface area contributed by atoms with Gasteiger partial charge in [-0.25, -0.2) is 13.8 Å². The maximum Gasteiger partial charge on any atom is 0.416 e. The minimum atomic E-state index is -5.06. The highest BCUT2D eigenvalue weighted by molar-refractivity contribution is 7.91. The molecule has 0 aliphatic carbocycles. The number of hydrazine groups is 1. The molecule has 3 N–H and O–H groups in total. The van der Waals surface area contributed by atoms with Crippen LogP contribution in [0.5, 0.6) is 0 Å². The van der Waals surface area contributed by atoms with Crippen LogP contribution >= 0.6 is 0 Å². The molecule has 2 rings (SSSR count). The third kappa shape index (κ3) is 4.17. The molecule has 1 aliphatic heterocycles. The first-order valence-corrected chi connectivity index (χ1v) is 8.58. The Morgan fingerprint density at radius 1 is 1.12 bits per heavy atom. The number of nitrogens with one attached hydrogen (secondary N) is 2. The highest BCUT2D eigenvalue weighted by Crippen LogP contribution is 2.40. The summed E-state index contributed by atoms with van der Waals surface area (Å²) in [6.45, 7) is 0. The van der Waals surface area contributed by atoms with Gasteiger partial charge in [-0.15, -0.1) is 0 Å². The molecule has 15 heteroatoms. The smallest absolute Gasteiger partial charge is 0.390 e. The number of nitro benzene ring substituents is 2. The number of aliphatic hydroxyl groups is 1. The lowest BCUT2D eigenvalue weighted by Gasteiger charge is -2.17. The number of aliphatic hydroxyl groups excluding tert-OH is 1. The molecule has 0 saturated carbocycles. The molecule has 0 bridgehead atoms. The van der Waals surface area contributed by atoms with Crippen LogP contribution in [0.1, 0.15) is 5.56 Å². The third-order valence-corrected chi connectivity index (χ3v) is 5.24. The normalized spacial score (nSPS) is 22.2. The van der Waals surface area contributed by atoms with Gasteiger partial charge in [0.1, 0.15) is 0 Å². The Bertz CT molecular complexity index is 823. The quantitative estimate of drug-likeness (QED) is 0.474. The van der Waals surface area contributed by atoms with Crippen LogP contribution in [-0.4, -0.2) is 47.0 Å². The summed E-state index contributed by atoms with van der Waals surface area (Å²) >= 11 is 0. The van der Waals surface area contributed by atoms with Crippen molar-refractivity contribution in [2.75, 3.05) is 16.9 Å². The molecule has 1 saturated heterocycles. The largest absolute Gasteiger partial charge is 0.416 e. The number of alkyl halides is 3. The van der Waals surface area contributed by atoms with Crippen molar-refractivity contribution in [1.29, 1.82) is 0 Å². The molecule has 0 amide bonds. The number of nitrogens with zero attached hydrogens (tertiary/aromatic N) is 2. The Morgan fingerprint density at radius 2 is 1.62 bits per heavy atom. The molecule has 0 spiro atoms. The van der Waals surface area contributed by atoms with Crippen LogP contribution in [0.25, 0.3) is 0 Å². The molecular formula is C11H11F3N4O7S. The standard InChI is InChI=1S/C11H11F3N4O7S/c12-11(13,14)5-1-7(17(20)21)10(8(2-5)18(22)23)16-15-6-3-26(24,25)4-9(6)19/h1-2,6,9,15-16,19H,3-4H2. The zero-order valence-electron chi connectivity index (χ0n) is 12.6. The first-order chi connectivity index (χ1) is 11.8. The number of rotatable bonds is 5. The van der Waals surface area contributed by atoms with E-state index in [1.807, 2.05) is 5.43 Å². The van der Waals surface area contributed by atoms with Gasteiger partial charge in [-0.05, 0) is 0 Å². The Balaban J connectivity index is 2.43. The number of hydrogen-bond donors (Lipinski definition) is 3. The monoisotopic (exact) mass is 400 g/mol. The average molecular weight is 400 g/mol. The van der Waals surface area contributed by atoms with Crippen LogP contribution < -0.4 is 10.9 Å². The summed E-state index contributed by atoms with van der Waals surface area (Å²) in [6.07, 6.45) is -6.46. The second-order valence-corrected chi connectivity index (χ2v) is 7.58. The summed E-state index contributed by atoms with van der Waals surface area (Å²) in [6, 6.07) is -0.945. The molecule has 0 radical (unpaired) electrons. The summed E-state index contributed by atoms with van der Waals surface area (Å²) in [7, 11) is -3.60. The molecule has 2 atom stereocenters. The predicted octanol–water partition coefficient (Wildman–Crippen LogP) is 0.596. The van der Waals surface area contributed by atoms with Crippen molar-refractivity contribution in [3.63, 3.8) is 0 Å². The fourth-order valence-electron chi connectivity index (χ4n) is 2.32. The van der Waals surface area contributed by atoms with E-state index in [0.717, 1.165) is 0 Å². The summed E-state index contributed by atoms with van der Waals surface area (Å²) in [5, 5.41) is 31.7. The van der Waals surface area contributed by atoms with E-state index >= 15 is 0 Å². The van der Waals surface area contributed by atoms with Crippen molar-refractivity contribution in [1.82, 2.24) is 5.43 Å². The van der Waals surface area contributed by atoms with E-state index in [2.05, 4.69) is 5.43 Å². The molecule has 0 aromatic heterocycles. The fraction of sp³-hybridized carbons (Fsp3) is 0.455. The topological polar surface area (TPSA) is 165 Å². The van der Waals surface area contributed by atoms with Gasteiger partial charge in [0.2, 0.25) is 5.69 Å². The molecular weight excluding hydrogens is 389 g/mol. The first-order valence-electron chi connectivity index (χ1n) is 6.76. The number of halogens is 3. The van der Waals surface area contributed by atoms with E-state index in [1.165, 1.54) is 0 Å². The Labute approximate surface area is 143 Å². The lowest BCUT2D eigenvalue weighted by Crippen LogP contribution is -2.42. The average Bonchev–Trinajstić information content (AvgIpc) is 2.75. The molecule has 26 heavy (non-hydrogen) atoms. The van der Waals surface area contributed by atoms with Crippen LogP contribution in [0.4, 0.5) is 30.2 Å². The molecule has 1 aliphatic rings. The molecule has 2 unspecified atom stereocenters. The zero-order valence-corrected chi connectivity index (χ0v) is 13.4. The highest BCUT2D eigenvalue weighted by atomic mass is 32.2. The van der Waals surface area contributed by atoms with E-state index in [-0.39, 0.29) is 12.1 Å². The number of hydrogen-bond acceptors (Lipinski definition) is 9. The van der Waals surface area contributed by atoms with Gasteiger partial charge in [-0.3, -0.25) is 20.2 Å². The molecule has 1 aromatic carbocycles. The van der Waals surface area contributed by atoms with Gasteiger partial charge in [-0.1, -0.05) is 0 Å². The maximum atomic E-state index is 12.8. The van der Waals surface area contributed by atoms with Crippen molar-refractivity contribution >= 4 is 26.9 Å². The third-order valence-electron chi connectivity index (χ3n) is 3.52. The summed E-state index contributed by atoms with van der Waals surface area (Å²) in [5.41, 5.74) is -0.783. The number of benzene rings is 1. The van der Waals surface area contributed by atoms with Gasteiger partial charge < -0.3 is 10.5 Å². The van der Waals surface area contributed by atoms with Gasteiger partial charge in [0.05, 0.1) is 39.1 Å². The van der Waals surface area contributed by atoms with Crippen LogP contribution in [0, 0.1) is 20.2 Å². The van der Waals surface area contributed by atoms with Crippen LogP contribution in [-0.2, 0) is 16.0 Å². The Morgan fingerprint density at radius 3 is 1.96 bits per heavy atom. The van der Waals surface area contributed by atoms with E-state index in [1.54, 1.807) is 0 Å². The summed E-state index contributed by atoms with van der Waals surface area (Å²) in [4.78, 5) is 19.6. The van der Waals surface area contributed by atoms with Crippen LogP contribution in [0.3, 0.4) is 0 Å². The van der Waals surface area contributed by atoms with Crippen molar-refractivity contribution < 1.29 is 36.5 Å². The summed E-state index contributed by atoms with van der Waals surface area (Å²) in [5.74, 6) is -1.16. The highest BCUT2D eigenvalue weighted by Gasteiger charge is 2.39. The maximum absolute atomic E-state index is 12.8.